The zero-order valence-corrected chi connectivity index (χ0v) is 19.0. The van der Waals surface area contributed by atoms with Gasteiger partial charge in [-0.15, -0.1) is 24.8 Å². The van der Waals surface area contributed by atoms with Crippen LogP contribution in [0.15, 0.2) is 42.5 Å². The summed E-state index contributed by atoms with van der Waals surface area (Å²) in [6.45, 7) is 12.0. The second kappa shape index (κ2) is 14.5. The van der Waals surface area contributed by atoms with Gasteiger partial charge in [-0.1, -0.05) is 55.8 Å². The molecule has 1 N–H and O–H groups in total. The molecule has 0 aliphatic carbocycles. The van der Waals surface area contributed by atoms with Crippen LogP contribution < -0.4 is 14.8 Å². The number of aryl methyl sites for hydroxylation is 1. The summed E-state index contributed by atoms with van der Waals surface area (Å²) in [6, 6.07) is 14.5. The van der Waals surface area contributed by atoms with Gasteiger partial charge in [0.25, 0.3) is 0 Å². The van der Waals surface area contributed by atoms with Crippen LogP contribution in [0.5, 0.6) is 11.5 Å². The van der Waals surface area contributed by atoms with Crippen LogP contribution in [0, 0.1) is 6.92 Å². The van der Waals surface area contributed by atoms with Crippen LogP contribution >= 0.6 is 24.8 Å². The highest BCUT2D eigenvalue weighted by molar-refractivity contribution is 5.85. The molecule has 6 heteroatoms. The highest BCUT2D eigenvalue weighted by Crippen LogP contribution is 2.31. The van der Waals surface area contributed by atoms with Crippen molar-refractivity contribution in [1.29, 1.82) is 0 Å². The number of nitrogens with zero attached hydrogens (tertiary/aromatic N) is 1. The summed E-state index contributed by atoms with van der Waals surface area (Å²) >= 11 is 0. The summed E-state index contributed by atoms with van der Waals surface area (Å²) < 4.78 is 11.6. The number of hydrogen-bond acceptors (Lipinski definition) is 4. The average Bonchev–Trinajstić information content (AvgIpc) is 2.68. The van der Waals surface area contributed by atoms with E-state index in [1.807, 2.05) is 12.1 Å². The maximum absolute atomic E-state index is 6.13. The Morgan fingerprint density at radius 2 is 1.64 bits per heavy atom. The standard InChI is InChI=1S/C22H32N2O2.2ClH/c1-5-24(6-2)15-14-23-16-20-8-7-9-21(25-4)22(20)26-17-19-12-10-18(3)11-13-19;;/h7-13,23H,5-6,14-17H2,1-4H3;2*1H. The normalized spacial score (nSPS) is 10.2. The molecule has 0 saturated heterocycles. The van der Waals surface area contributed by atoms with E-state index >= 15 is 0 Å². The van der Waals surface area contributed by atoms with Crippen molar-refractivity contribution >= 4 is 24.8 Å². The lowest BCUT2D eigenvalue weighted by Gasteiger charge is -2.19. The van der Waals surface area contributed by atoms with E-state index in [-0.39, 0.29) is 24.8 Å². The van der Waals surface area contributed by atoms with Gasteiger partial charge in [0.2, 0.25) is 0 Å². The lowest BCUT2D eigenvalue weighted by atomic mass is 10.1. The van der Waals surface area contributed by atoms with Gasteiger partial charge in [-0.2, -0.15) is 0 Å². The van der Waals surface area contributed by atoms with E-state index in [2.05, 4.69) is 61.3 Å². The molecule has 28 heavy (non-hydrogen) atoms. The first-order valence-corrected chi connectivity index (χ1v) is 9.45. The Kier molecular flexibility index (Phi) is 13.8. The van der Waals surface area contributed by atoms with Crippen molar-refractivity contribution in [3.63, 3.8) is 0 Å². The lowest BCUT2D eigenvalue weighted by Crippen LogP contribution is -2.31. The zero-order chi connectivity index (χ0) is 18.8. The number of rotatable bonds is 11. The van der Waals surface area contributed by atoms with E-state index in [4.69, 9.17) is 9.47 Å². The molecule has 2 aromatic carbocycles. The highest BCUT2D eigenvalue weighted by atomic mass is 35.5. The molecule has 0 unspecified atom stereocenters. The molecule has 4 nitrogen and oxygen atoms in total. The van der Waals surface area contributed by atoms with E-state index < -0.39 is 0 Å². The SMILES string of the molecule is CCN(CC)CCNCc1cccc(OC)c1OCc1ccc(C)cc1.Cl.Cl. The Hall–Kier alpha value is -1.46. The molecule has 0 bridgehead atoms. The van der Waals surface area contributed by atoms with Crippen LogP contribution in [-0.2, 0) is 13.2 Å². The zero-order valence-electron chi connectivity index (χ0n) is 17.4. The van der Waals surface area contributed by atoms with E-state index in [1.54, 1.807) is 7.11 Å². The summed E-state index contributed by atoms with van der Waals surface area (Å²) in [5, 5.41) is 3.52. The molecular formula is C22H34Cl2N2O2. The van der Waals surface area contributed by atoms with Gasteiger partial charge in [-0.3, -0.25) is 0 Å². The Bertz CT molecular complexity index is 662. The van der Waals surface area contributed by atoms with E-state index in [9.17, 15) is 0 Å². The first kappa shape index (κ1) is 26.5. The van der Waals surface area contributed by atoms with E-state index in [0.717, 1.165) is 55.3 Å². The van der Waals surface area contributed by atoms with Gasteiger partial charge in [-0.25, -0.2) is 0 Å². The van der Waals surface area contributed by atoms with Crippen molar-refractivity contribution in [2.24, 2.45) is 0 Å². The largest absolute Gasteiger partial charge is 0.493 e. The van der Waals surface area contributed by atoms with Gasteiger partial charge in [0.1, 0.15) is 6.61 Å². The molecule has 0 aromatic heterocycles. The smallest absolute Gasteiger partial charge is 0.166 e. The minimum atomic E-state index is 0. The molecule has 0 aliphatic rings. The van der Waals surface area contributed by atoms with Gasteiger partial charge in [0.15, 0.2) is 11.5 Å². The van der Waals surface area contributed by atoms with E-state index in [1.165, 1.54) is 5.56 Å². The number of likely N-dealkylation sites (N-methyl/N-ethyl adjacent to an activating group) is 1. The third-order valence-electron chi connectivity index (χ3n) is 4.60. The number of nitrogens with one attached hydrogen (secondary N) is 1. The van der Waals surface area contributed by atoms with Crippen molar-refractivity contribution in [3.05, 3.63) is 59.2 Å². The summed E-state index contributed by atoms with van der Waals surface area (Å²) in [7, 11) is 1.69. The molecule has 0 amide bonds. The second-order valence-electron chi connectivity index (χ2n) is 6.43. The van der Waals surface area contributed by atoms with Crippen LogP contribution in [0.1, 0.15) is 30.5 Å². The molecule has 0 radical (unpaired) electrons. The fourth-order valence-corrected chi connectivity index (χ4v) is 2.86. The predicted molar refractivity (Wildman–Crippen MR) is 122 cm³/mol. The lowest BCUT2D eigenvalue weighted by molar-refractivity contribution is 0.279. The molecule has 0 atom stereocenters. The van der Waals surface area contributed by atoms with Crippen LogP contribution in [0.25, 0.3) is 0 Å². The number of benzene rings is 2. The van der Waals surface area contributed by atoms with Gasteiger partial charge in [0, 0.05) is 25.2 Å². The van der Waals surface area contributed by atoms with Crippen LogP contribution in [0.3, 0.4) is 0 Å². The molecule has 2 aromatic rings. The molecule has 2 rings (SSSR count). The first-order valence-electron chi connectivity index (χ1n) is 9.45. The van der Waals surface area contributed by atoms with Crippen molar-refractivity contribution in [2.45, 2.75) is 33.9 Å². The van der Waals surface area contributed by atoms with Gasteiger partial charge in [-0.05, 0) is 31.6 Å². The van der Waals surface area contributed by atoms with E-state index in [0.29, 0.717) is 6.61 Å². The fourth-order valence-electron chi connectivity index (χ4n) is 2.86. The van der Waals surface area contributed by atoms with Gasteiger partial charge < -0.3 is 19.7 Å². The van der Waals surface area contributed by atoms with Gasteiger partial charge >= 0.3 is 0 Å². The van der Waals surface area contributed by atoms with Crippen LogP contribution in [0.2, 0.25) is 0 Å². The number of methoxy groups -OCH3 is 1. The Morgan fingerprint density at radius 3 is 2.25 bits per heavy atom. The molecular weight excluding hydrogens is 395 g/mol. The molecule has 0 fully saturated rings. The Balaban J connectivity index is 0.00000364. The summed E-state index contributed by atoms with van der Waals surface area (Å²) in [6.07, 6.45) is 0. The maximum Gasteiger partial charge on any atom is 0.166 e. The van der Waals surface area contributed by atoms with Crippen molar-refractivity contribution in [2.75, 3.05) is 33.3 Å². The van der Waals surface area contributed by atoms with Crippen molar-refractivity contribution in [1.82, 2.24) is 10.2 Å². The van der Waals surface area contributed by atoms with Crippen LogP contribution in [-0.4, -0.2) is 38.2 Å². The summed E-state index contributed by atoms with van der Waals surface area (Å²) in [4.78, 5) is 2.41. The number of hydrogen-bond donors (Lipinski definition) is 1. The molecule has 0 heterocycles. The molecule has 158 valence electrons. The molecule has 0 aliphatic heterocycles. The van der Waals surface area contributed by atoms with Crippen molar-refractivity contribution < 1.29 is 9.47 Å². The second-order valence-corrected chi connectivity index (χ2v) is 6.43. The highest BCUT2D eigenvalue weighted by Gasteiger charge is 2.11. The number of ether oxygens (including phenoxy) is 2. The van der Waals surface area contributed by atoms with Crippen molar-refractivity contribution in [3.8, 4) is 11.5 Å². The summed E-state index contributed by atoms with van der Waals surface area (Å²) in [5.41, 5.74) is 3.53. The third kappa shape index (κ3) is 8.27. The quantitative estimate of drug-likeness (QED) is 0.518. The first-order chi connectivity index (χ1) is 12.7. The maximum atomic E-state index is 6.13. The third-order valence-corrected chi connectivity index (χ3v) is 4.60. The minimum Gasteiger partial charge on any atom is -0.493 e. The molecule has 0 saturated carbocycles. The Labute approximate surface area is 182 Å². The van der Waals surface area contributed by atoms with Crippen LogP contribution in [0.4, 0.5) is 0 Å². The topological polar surface area (TPSA) is 33.7 Å². The van der Waals surface area contributed by atoms with Gasteiger partial charge in [0.05, 0.1) is 7.11 Å². The monoisotopic (exact) mass is 428 g/mol. The number of para-hydroxylation sites is 1. The molecule has 0 spiro atoms. The summed E-state index contributed by atoms with van der Waals surface area (Å²) in [5.74, 6) is 1.60. The number of halogens is 2. The Morgan fingerprint density at radius 1 is 0.964 bits per heavy atom. The average molecular weight is 429 g/mol. The minimum absolute atomic E-state index is 0. The predicted octanol–water partition coefficient (Wildman–Crippen LogP) is 4.86. The fraction of sp³-hybridized carbons (Fsp3) is 0.455.